The Morgan fingerprint density at radius 3 is 2.00 bits per heavy atom. The minimum absolute atomic E-state index is 0.240. The van der Waals surface area contributed by atoms with E-state index in [1.807, 2.05) is 30.3 Å². The summed E-state index contributed by atoms with van der Waals surface area (Å²) in [7, 11) is 0. The predicted molar refractivity (Wildman–Crippen MR) is 50.5 cm³/mol. The van der Waals surface area contributed by atoms with Crippen LogP contribution in [0.25, 0.3) is 0 Å². The molecule has 0 atom stereocenters. The summed E-state index contributed by atoms with van der Waals surface area (Å²) in [5.41, 5.74) is 10.4. The van der Waals surface area contributed by atoms with Crippen LogP contribution in [0, 0.1) is 0 Å². The van der Waals surface area contributed by atoms with Gasteiger partial charge in [-0.3, -0.25) is 0 Å². The van der Waals surface area contributed by atoms with Crippen LogP contribution in [0.1, 0.15) is 5.56 Å². The molecule has 3 heteroatoms. The standard InChI is InChI=1S/C8H10O.CH6N2/c9-7-6-8-4-2-1-3-5-8;2-1-3/h1-5,9H,6-7H2;1-3H2. The molecular formula is C9H16N2O. The summed E-state index contributed by atoms with van der Waals surface area (Å²) in [6, 6.07) is 9.95. The van der Waals surface area contributed by atoms with Gasteiger partial charge in [-0.2, -0.15) is 0 Å². The number of rotatable bonds is 2. The van der Waals surface area contributed by atoms with Crippen LogP contribution in [0.3, 0.4) is 0 Å². The number of hydrogen-bond acceptors (Lipinski definition) is 3. The van der Waals surface area contributed by atoms with E-state index in [-0.39, 0.29) is 13.3 Å². The first-order valence-corrected chi connectivity index (χ1v) is 3.90. The van der Waals surface area contributed by atoms with Gasteiger partial charge in [0.25, 0.3) is 0 Å². The van der Waals surface area contributed by atoms with E-state index in [9.17, 15) is 0 Å². The second-order valence-electron chi connectivity index (χ2n) is 2.19. The molecule has 0 saturated carbocycles. The van der Waals surface area contributed by atoms with Crippen LogP contribution >= 0.6 is 0 Å². The van der Waals surface area contributed by atoms with Crippen molar-refractivity contribution < 1.29 is 5.11 Å². The summed E-state index contributed by atoms with van der Waals surface area (Å²) >= 11 is 0. The maximum atomic E-state index is 8.52. The highest BCUT2D eigenvalue weighted by Gasteiger charge is 1.85. The van der Waals surface area contributed by atoms with E-state index in [2.05, 4.69) is 11.5 Å². The third kappa shape index (κ3) is 5.85. The largest absolute Gasteiger partial charge is 0.396 e. The van der Waals surface area contributed by atoms with E-state index >= 15 is 0 Å². The molecule has 0 aliphatic carbocycles. The molecule has 0 unspecified atom stereocenters. The van der Waals surface area contributed by atoms with Gasteiger partial charge >= 0.3 is 0 Å². The van der Waals surface area contributed by atoms with Crippen molar-refractivity contribution in [2.75, 3.05) is 13.3 Å². The van der Waals surface area contributed by atoms with Gasteiger partial charge in [0.05, 0.1) is 0 Å². The van der Waals surface area contributed by atoms with E-state index in [1.165, 1.54) is 5.56 Å². The first kappa shape index (κ1) is 11.1. The van der Waals surface area contributed by atoms with Gasteiger partial charge in [0, 0.05) is 13.3 Å². The van der Waals surface area contributed by atoms with Crippen LogP contribution in [0.15, 0.2) is 30.3 Å². The fraction of sp³-hybridized carbons (Fsp3) is 0.333. The smallest absolute Gasteiger partial charge is 0.0471 e. The summed E-state index contributed by atoms with van der Waals surface area (Å²) in [6.45, 7) is 0.490. The van der Waals surface area contributed by atoms with Crippen LogP contribution in [0.4, 0.5) is 0 Å². The van der Waals surface area contributed by atoms with Gasteiger partial charge in [0.15, 0.2) is 0 Å². The zero-order valence-corrected chi connectivity index (χ0v) is 7.11. The molecule has 0 aromatic heterocycles. The Labute approximate surface area is 73.0 Å². The average molecular weight is 168 g/mol. The lowest BCUT2D eigenvalue weighted by Crippen LogP contribution is -2.08. The van der Waals surface area contributed by atoms with Crippen LogP contribution < -0.4 is 11.5 Å². The summed E-state index contributed by atoms with van der Waals surface area (Å²) in [5.74, 6) is 0. The van der Waals surface area contributed by atoms with Crippen molar-refractivity contribution >= 4 is 0 Å². The summed E-state index contributed by atoms with van der Waals surface area (Å²) in [6.07, 6.45) is 0.765. The molecule has 0 radical (unpaired) electrons. The van der Waals surface area contributed by atoms with Crippen molar-refractivity contribution in [3.05, 3.63) is 35.9 Å². The van der Waals surface area contributed by atoms with Crippen molar-refractivity contribution in [2.45, 2.75) is 6.42 Å². The quantitative estimate of drug-likeness (QED) is 0.548. The fourth-order valence-corrected chi connectivity index (χ4v) is 0.774. The lowest BCUT2D eigenvalue weighted by molar-refractivity contribution is 0.299. The van der Waals surface area contributed by atoms with Gasteiger partial charge in [-0.1, -0.05) is 30.3 Å². The Morgan fingerprint density at radius 1 is 1.08 bits per heavy atom. The molecule has 0 fully saturated rings. The second-order valence-corrected chi connectivity index (χ2v) is 2.19. The van der Waals surface area contributed by atoms with E-state index < -0.39 is 0 Å². The molecule has 0 heterocycles. The fourth-order valence-electron chi connectivity index (χ4n) is 0.774. The van der Waals surface area contributed by atoms with Gasteiger partial charge in [-0.15, -0.1) is 0 Å². The zero-order chi connectivity index (χ0) is 9.23. The van der Waals surface area contributed by atoms with Crippen molar-refractivity contribution in [3.8, 4) is 0 Å². The first-order chi connectivity index (χ1) is 5.85. The first-order valence-electron chi connectivity index (χ1n) is 3.90. The number of aliphatic hydroxyl groups is 1. The summed E-state index contributed by atoms with van der Waals surface area (Å²) in [5, 5.41) is 8.52. The predicted octanol–water partition coefficient (Wildman–Crippen LogP) is 0.0827. The maximum Gasteiger partial charge on any atom is 0.0471 e. The minimum atomic E-state index is 0.240. The lowest BCUT2D eigenvalue weighted by atomic mass is 10.2. The summed E-state index contributed by atoms with van der Waals surface area (Å²) < 4.78 is 0. The summed E-state index contributed by atoms with van der Waals surface area (Å²) in [4.78, 5) is 0. The molecule has 1 rings (SSSR count). The molecule has 1 aromatic carbocycles. The molecule has 5 N–H and O–H groups in total. The molecular weight excluding hydrogens is 152 g/mol. The molecule has 12 heavy (non-hydrogen) atoms. The van der Waals surface area contributed by atoms with Crippen LogP contribution in [0.2, 0.25) is 0 Å². The molecule has 68 valence electrons. The van der Waals surface area contributed by atoms with Gasteiger partial charge in [-0.05, 0) is 12.0 Å². The topological polar surface area (TPSA) is 72.3 Å². The third-order valence-electron chi connectivity index (χ3n) is 1.24. The SMILES string of the molecule is NCN.OCCc1ccccc1. The maximum absolute atomic E-state index is 8.52. The van der Waals surface area contributed by atoms with E-state index in [1.54, 1.807) is 0 Å². The Balaban J connectivity index is 0.000000354. The molecule has 0 amide bonds. The molecule has 0 saturated heterocycles. The molecule has 0 aliphatic rings. The van der Waals surface area contributed by atoms with Crippen LogP contribution in [0.5, 0.6) is 0 Å². The van der Waals surface area contributed by atoms with Gasteiger partial charge < -0.3 is 16.6 Å². The van der Waals surface area contributed by atoms with Gasteiger partial charge in [0.2, 0.25) is 0 Å². The molecule has 0 bridgehead atoms. The highest BCUT2D eigenvalue weighted by Crippen LogP contribution is 1.97. The van der Waals surface area contributed by atoms with Crippen molar-refractivity contribution in [3.63, 3.8) is 0 Å². The van der Waals surface area contributed by atoms with Crippen molar-refractivity contribution in [1.82, 2.24) is 0 Å². The Hall–Kier alpha value is -0.900. The second kappa shape index (κ2) is 8.20. The van der Waals surface area contributed by atoms with Crippen LogP contribution in [-0.2, 0) is 6.42 Å². The number of benzene rings is 1. The third-order valence-corrected chi connectivity index (χ3v) is 1.24. The minimum Gasteiger partial charge on any atom is -0.396 e. The monoisotopic (exact) mass is 168 g/mol. The highest BCUT2D eigenvalue weighted by atomic mass is 16.2. The number of nitrogens with two attached hydrogens (primary N) is 2. The van der Waals surface area contributed by atoms with E-state index in [0.717, 1.165) is 6.42 Å². The number of aliphatic hydroxyl groups excluding tert-OH is 1. The molecule has 3 nitrogen and oxygen atoms in total. The normalized spacial score (nSPS) is 8.58. The molecule has 0 spiro atoms. The lowest BCUT2D eigenvalue weighted by Gasteiger charge is -1.93. The Bertz CT molecular complexity index is 177. The Kier molecular flexibility index (Phi) is 7.58. The Morgan fingerprint density at radius 2 is 1.58 bits per heavy atom. The van der Waals surface area contributed by atoms with E-state index in [4.69, 9.17) is 5.11 Å². The van der Waals surface area contributed by atoms with Crippen molar-refractivity contribution in [2.24, 2.45) is 11.5 Å². The molecule has 1 aromatic rings. The average Bonchev–Trinajstić information content (AvgIpc) is 2.08. The zero-order valence-electron chi connectivity index (χ0n) is 7.11. The van der Waals surface area contributed by atoms with Crippen LogP contribution in [-0.4, -0.2) is 18.4 Å². The highest BCUT2D eigenvalue weighted by molar-refractivity contribution is 5.14. The van der Waals surface area contributed by atoms with Gasteiger partial charge in [0.1, 0.15) is 0 Å². The molecule has 0 aliphatic heterocycles. The van der Waals surface area contributed by atoms with E-state index in [0.29, 0.717) is 0 Å². The van der Waals surface area contributed by atoms with Crippen molar-refractivity contribution in [1.29, 1.82) is 0 Å². The number of hydrogen-bond donors (Lipinski definition) is 3. The van der Waals surface area contributed by atoms with Gasteiger partial charge in [-0.25, -0.2) is 0 Å².